The number of thiophene rings is 1. The van der Waals surface area contributed by atoms with Crippen LogP contribution in [0.3, 0.4) is 0 Å². The molecule has 6 nitrogen and oxygen atoms in total. The molecule has 0 aliphatic heterocycles. The van der Waals surface area contributed by atoms with Crippen LogP contribution in [0.4, 0.5) is 0 Å². The lowest BCUT2D eigenvalue weighted by Gasteiger charge is -2.30. The molecular formula is C25H32N4O2S. The molecule has 170 valence electrons. The molecule has 0 saturated heterocycles. The minimum atomic E-state index is -0.846. The molecule has 0 spiro atoms. The highest BCUT2D eigenvalue weighted by atomic mass is 32.1. The van der Waals surface area contributed by atoms with Crippen LogP contribution in [0.5, 0.6) is 0 Å². The van der Waals surface area contributed by atoms with Gasteiger partial charge in [0.25, 0.3) is 0 Å². The number of nitrogens with one attached hydrogen (secondary N) is 2. The molecule has 1 unspecified atom stereocenters. The van der Waals surface area contributed by atoms with Gasteiger partial charge in [0.15, 0.2) is 11.4 Å². The monoisotopic (exact) mass is 452 g/mol. The van der Waals surface area contributed by atoms with Crippen LogP contribution in [0.1, 0.15) is 74.8 Å². The average Bonchev–Trinajstić information content (AvgIpc) is 3.55. The molecular weight excluding hydrogens is 420 g/mol. The fraction of sp³-hybridized carbons (Fsp3) is 0.560. The lowest BCUT2D eigenvalue weighted by Crippen LogP contribution is -2.39. The Morgan fingerprint density at radius 3 is 2.56 bits per heavy atom. The maximum absolute atomic E-state index is 13.2. The van der Waals surface area contributed by atoms with Gasteiger partial charge in [-0.15, -0.1) is 11.3 Å². The maximum Gasteiger partial charge on any atom is 0.176 e. The van der Waals surface area contributed by atoms with E-state index in [2.05, 4.69) is 43.0 Å². The third-order valence-corrected chi connectivity index (χ3v) is 8.77. The van der Waals surface area contributed by atoms with Crippen molar-refractivity contribution in [2.45, 2.75) is 65.6 Å². The summed E-state index contributed by atoms with van der Waals surface area (Å²) in [5.41, 5.74) is 2.72. The number of ketones is 1. The summed E-state index contributed by atoms with van der Waals surface area (Å²) < 4.78 is 0. The normalized spacial score (nSPS) is 24.8. The summed E-state index contributed by atoms with van der Waals surface area (Å²) in [6.45, 7) is 8.47. The standard InChI is InChI=1S/C25H32N4O2S/c1-13(25(2,3)4)28-24(31)16-11-26-23-21(16)29-17(12-27-23)18-9-10-19(32-18)22(30)20-14-5-6-15(20)8-7-14/h9-15,20,24,28,31H,5-8H2,1-4H3,(H,26,27)/t13-,14?,15?,20?,24?/m0/s1. The molecule has 7 heteroatoms. The van der Waals surface area contributed by atoms with Crippen molar-refractivity contribution in [3.05, 3.63) is 35.0 Å². The van der Waals surface area contributed by atoms with E-state index < -0.39 is 6.23 Å². The Balaban J connectivity index is 1.40. The van der Waals surface area contributed by atoms with Crippen molar-refractivity contribution in [2.24, 2.45) is 23.2 Å². The summed E-state index contributed by atoms with van der Waals surface area (Å²) >= 11 is 1.51. The molecule has 5 rings (SSSR count). The largest absolute Gasteiger partial charge is 0.374 e. The molecule has 0 radical (unpaired) electrons. The van der Waals surface area contributed by atoms with E-state index in [0.29, 0.717) is 34.3 Å². The number of aromatic amines is 1. The molecule has 3 aromatic rings. The van der Waals surface area contributed by atoms with Crippen molar-refractivity contribution in [3.63, 3.8) is 0 Å². The number of aliphatic hydroxyl groups excluding tert-OH is 1. The van der Waals surface area contributed by atoms with Crippen LogP contribution in [-0.4, -0.2) is 31.9 Å². The fourth-order valence-electron chi connectivity index (χ4n) is 5.26. The summed E-state index contributed by atoms with van der Waals surface area (Å²) in [4.78, 5) is 27.4. The summed E-state index contributed by atoms with van der Waals surface area (Å²) in [5, 5.41) is 14.1. The van der Waals surface area contributed by atoms with E-state index in [9.17, 15) is 9.90 Å². The molecule has 0 amide bonds. The Kier molecular flexibility index (Phi) is 5.47. The lowest BCUT2D eigenvalue weighted by atomic mass is 9.88. The zero-order valence-corrected chi connectivity index (χ0v) is 20.0. The van der Waals surface area contributed by atoms with Gasteiger partial charge in [0, 0.05) is 23.7 Å². The van der Waals surface area contributed by atoms with E-state index in [1.165, 1.54) is 37.0 Å². The molecule has 2 aliphatic carbocycles. The van der Waals surface area contributed by atoms with E-state index in [1.54, 1.807) is 12.4 Å². The van der Waals surface area contributed by atoms with E-state index >= 15 is 0 Å². The minimum Gasteiger partial charge on any atom is -0.374 e. The molecule has 2 aliphatic rings. The number of hydrogen-bond donors (Lipinski definition) is 3. The van der Waals surface area contributed by atoms with Crippen LogP contribution in [0.2, 0.25) is 0 Å². The molecule has 3 heterocycles. The third-order valence-electron chi connectivity index (χ3n) is 7.65. The zero-order chi connectivity index (χ0) is 22.6. The van der Waals surface area contributed by atoms with Gasteiger partial charge >= 0.3 is 0 Å². The summed E-state index contributed by atoms with van der Waals surface area (Å²) in [6, 6.07) is 4.04. The lowest BCUT2D eigenvalue weighted by molar-refractivity contribution is 0.0891. The van der Waals surface area contributed by atoms with Crippen molar-refractivity contribution in [3.8, 4) is 10.6 Å². The van der Waals surface area contributed by atoms with Crippen LogP contribution in [0, 0.1) is 23.2 Å². The van der Waals surface area contributed by atoms with Gasteiger partial charge in [0.2, 0.25) is 0 Å². The second-order valence-corrected chi connectivity index (χ2v) is 11.7. The van der Waals surface area contributed by atoms with Crippen LogP contribution >= 0.6 is 11.3 Å². The highest BCUT2D eigenvalue weighted by Gasteiger charge is 2.45. The maximum atomic E-state index is 13.2. The summed E-state index contributed by atoms with van der Waals surface area (Å²) in [7, 11) is 0. The number of fused-ring (bicyclic) bond motifs is 3. The number of nitrogens with zero attached hydrogens (tertiary/aromatic N) is 2. The van der Waals surface area contributed by atoms with E-state index in [-0.39, 0.29) is 17.4 Å². The van der Waals surface area contributed by atoms with E-state index in [0.717, 1.165) is 15.4 Å². The second-order valence-electron chi connectivity index (χ2n) is 10.6. The molecule has 2 atom stereocenters. The number of H-pyrrole nitrogens is 1. The number of carbonyl (C=O) groups is 1. The molecule has 3 N–H and O–H groups in total. The van der Waals surface area contributed by atoms with Crippen LogP contribution in [0.15, 0.2) is 24.5 Å². The van der Waals surface area contributed by atoms with Gasteiger partial charge in [-0.1, -0.05) is 20.8 Å². The average molecular weight is 453 g/mol. The molecule has 0 aromatic carbocycles. The van der Waals surface area contributed by atoms with E-state index in [4.69, 9.17) is 4.98 Å². The first-order valence-electron chi connectivity index (χ1n) is 11.6. The van der Waals surface area contributed by atoms with Crippen molar-refractivity contribution in [2.75, 3.05) is 0 Å². The quantitative estimate of drug-likeness (QED) is 0.348. The Morgan fingerprint density at radius 2 is 1.91 bits per heavy atom. The molecule has 32 heavy (non-hydrogen) atoms. The number of hydrogen-bond acceptors (Lipinski definition) is 6. The van der Waals surface area contributed by atoms with Gasteiger partial charge in [-0.2, -0.15) is 0 Å². The minimum absolute atomic E-state index is 0.0165. The van der Waals surface area contributed by atoms with Gasteiger partial charge < -0.3 is 10.1 Å². The number of rotatable bonds is 6. The number of Topliss-reactive ketones (excluding diaryl/α,β-unsaturated/α-hetero) is 1. The Bertz CT molecular complexity index is 1120. The predicted octanol–water partition coefficient (Wildman–Crippen LogP) is 5.32. The second kappa shape index (κ2) is 8.04. The van der Waals surface area contributed by atoms with Crippen molar-refractivity contribution in [1.29, 1.82) is 0 Å². The first-order chi connectivity index (χ1) is 15.2. The van der Waals surface area contributed by atoms with Gasteiger partial charge in [0.05, 0.1) is 21.6 Å². The van der Waals surface area contributed by atoms with Crippen molar-refractivity contribution < 1.29 is 9.90 Å². The predicted molar refractivity (Wildman–Crippen MR) is 127 cm³/mol. The smallest absolute Gasteiger partial charge is 0.176 e. The first kappa shape index (κ1) is 21.7. The highest BCUT2D eigenvalue weighted by molar-refractivity contribution is 7.17. The highest BCUT2D eigenvalue weighted by Crippen LogP contribution is 2.51. The Morgan fingerprint density at radius 1 is 1.22 bits per heavy atom. The van der Waals surface area contributed by atoms with Crippen LogP contribution < -0.4 is 5.32 Å². The topological polar surface area (TPSA) is 90.9 Å². The Hall–Kier alpha value is -2.09. The van der Waals surface area contributed by atoms with Gasteiger partial charge in [-0.05, 0) is 62.0 Å². The van der Waals surface area contributed by atoms with Gasteiger partial charge in [-0.3, -0.25) is 10.1 Å². The Labute approximate surface area is 192 Å². The zero-order valence-electron chi connectivity index (χ0n) is 19.2. The summed E-state index contributed by atoms with van der Waals surface area (Å²) in [5.74, 6) is 1.71. The third kappa shape index (κ3) is 3.80. The van der Waals surface area contributed by atoms with Gasteiger partial charge in [-0.25, -0.2) is 9.97 Å². The van der Waals surface area contributed by atoms with Crippen LogP contribution in [-0.2, 0) is 0 Å². The molecule has 2 saturated carbocycles. The fourth-order valence-corrected chi connectivity index (χ4v) is 6.21. The number of carbonyl (C=O) groups excluding carboxylic acids is 1. The SMILES string of the molecule is C[C@H](NC(O)c1c[nH]c2ncc(-c3ccc(C(=O)C4C5CCC4CC5)s3)nc12)C(C)(C)C. The molecule has 2 fully saturated rings. The first-order valence-corrected chi connectivity index (χ1v) is 12.5. The van der Waals surface area contributed by atoms with Crippen molar-refractivity contribution in [1.82, 2.24) is 20.3 Å². The number of aliphatic hydroxyl groups is 1. The van der Waals surface area contributed by atoms with Crippen molar-refractivity contribution >= 4 is 28.3 Å². The van der Waals surface area contributed by atoms with Crippen LogP contribution in [0.25, 0.3) is 21.7 Å². The molecule has 2 bridgehead atoms. The molecule has 3 aromatic heterocycles. The summed E-state index contributed by atoms with van der Waals surface area (Å²) in [6.07, 6.45) is 7.49. The number of aromatic nitrogens is 3. The van der Waals surface area contributed by atoms with E-state index in [1.807, 2.05) is 12.1 Å². The van der Waals surface area contributed by atoms with Gasteiger partial charge in [0.1, 0.15) is 11.7 Å².